The van der Waals surface area contributed by atoms with Gasteiger partial charge in [-0.15, -0.1) is 11.3 Å². The highest BCUT2D eigenvalue weighted by molar-refractivity contribution is 7.15. The zero-order valence-electron chi connectivity index (χ0n) is 18.1. The van der Waals surface area contributed by atoms with Crippen molar-refractivity contribution in [2.24, 2.45) is 0 Å². The molecule has 1 amide bonds. The maximum atomic E-state index is 13.7. The molecule has 1 unspecified atom stereocenters. The molecule has 0 saturated carbocycles. The van der Waals surface area contributed by atoms with Crippen LogP contribution in [-0.2, 0) is 6.42 Å². The SMILES string of the molecule is Cc1nc(C(=O)N2CCCCC2Cc2ncc(-c3ccccc3)[nH]2)c(-c2ccccc2)s1. The van der Waals surface area contributed by atoms with Crippen molar-refractivity contribution in [1.82, 2.24) is 19.9 Å². The van der Waals surface area contributed by atoms with Crippen LogP contribution >= 0.6 is 11.3 Å². The predicted octanol–water partition coefficient (Wildman–Crippen LogP) is 5.75. The van der Waals surface area contributed by atoms with Crippen molar-refractivity contribution in [3.63, 3.8) is 0 Å². The summed E-state index contributed by atoms with van der Waals surface area (Å²) < 4.78 is 0. The number of rotatable bonds is 5. The Morgan fingerprint density at radius 1 is 1.06 bits per heavy atom. The molecule has 4 aromatic rings. The fourth-order valence-electron chi connectivity index (χ4n) is 4.43. The van der Waals surface area contributed by atoms with Gasteiger partial charge in [-0.25, -0.2) is 9.97 Å². The number of nitrogens with one attached hydrogen (secondary N) is 1. The fourth-order valence-corrected chi connectivity index (χ4v) is 5.34. The lowest BCUT2D eigenvalue weighted by Gasteiger charge is -2.35. The number of carbonyl (C=O) groups is 1. The van der Waals surface area contributed by atoms with Gasteiger partial charge in [0.2, 0.25) is 0 Å². The Morgan fingerprint density at radius 3 is 2.53 bits per heavy atom. The molecular weight excluding hydrogens is 416 g/mol. The number of H-pyrrole nitrogens is 1. The molecule has 2 aromatic carbocycles. The second-order valence-corrected chi connectivity index (χ2v) is 9.44. The minimum atomic E-state index is 0.0349. The molecule has 0 radical (unpaired) electrons. The zero-order chi connectivity index (χ0) is 21.9. The van der Waals surface area contributed by atoms with E-state index >= 15 is 0 Å². The minimum Gasteiger partial charge on any atom is -0.342 e. The molecule has 3 heterocycles. The van der Waals surface area contributed by atoms with Gasteiger partial charge >= 0.3 is 0 Å². The second-order valence-electron chi connectivity index (χ2n) is 8.24. The van der Waals surface area contributed by atoms with Crippen molar-refractivity contribution < 1.29 is 4.79 Å². The standard InChI is InChI=1S/C26H26N4OS/c1-18-28-24(25(32-18)20-12-6-3-7-13-20)26(31)30-15-9-8-14-21(30)16-23-27-17-22(29-23)19-10-4-2-5-11-19/h2-7,10-13,17,21H,8-9,14-16H2,1H3,(H,27,29). The average molecular weight is 443 g/mol. The molecule has 1 fully saturated rings. The number of nitrogens with zero attached hydrogens (tertiary/aromatic N) is 3. The number of benzene rings is 2. The lowest BCUT2D eigenvalue weighted by atomic mass is 9.98. The lowest BCUT2D eigenvalue weighted by molar-refractivity contribution is 0.0607. The molecule has 2 aromatic heterocycles. The topological polar surface area (TPSA) is 61.9 Å². The fraction of sp³-hybridized carbons (Fsp3) is 0.269. The van der Waals surface area contributed by atoms with Crippen LogP contribution in [0.1, 0.15) is 40.6 Å². The third kappa shape index (κ3) is 4.23. The maximum Gasteiger partial charge on any atom is 0.274 e. The van der Waals surface area contributed by atoms with Crippen LogP contribution in [0.15, 0.2) is 66.9 Å². The van der Waals surface area contributed by atoms with E-state index in [1.54, 1.807) is 11.3 Å². The molecule has 5 rings (SSSR count). The third-order valence-corrected chi connectivity index (χ3v) is 7.02. The quantitative estimate of drug-likeness (QED) is 0.428. The van der Waals surface area contributed by atoms with E-state index in [9.17, 15) is 4.79 Å². The smallest absolute Gasteiger partial charge is 0.274 e. The van der Waals surface area contributed by atoms with E-state index in [-0.39, 0.29) is 11.9 Å². The molecule has 0 bridgehead atoms. The van der Waals surface area contributed by atoms with Gasteiger partial charge in [-0.05, 0) is 37.3 Å². The Labute approximate surface area is 192 Å². The van der Waals surface area contributed by atoms with Crippen LogP contribution in [0, 0.1) is 6.92 Å². The largest absolute Gasteiger partial charge is 0.342 e. The highest BCUT2D eigenvalue weighted by atomic mass is 32.1. The molecule has 6 heteroatoms. The Bertz CT molecular complexity index is 1200. The van der Waals surface area contributed by atoms with Crippen LogP contribution in [0.4, 0.5) is 0 Å². The van der Waals surface area contributed by atoms with Crippen LogP contribution in [-0.4, -0.2) is 38.3 Å². The lowest BCUT2D eigenvalue weighted by Crippen LogP contribution is -2.45. The number of hydrogen-bond donors (Lipinski definition) is 1. The summed E-state index contributed by atoms with van der Waals surface area (Å²) in [7, 11) is 0. The van der Waals surface area contributed by atoms with Crippen LogP contribution in [0.2, 0.25) is 0 Å². The molecule has 5 nitrogen and oxygen atoms in total. The van der Waals surface area contributed by atoms with E-state index in [1.807, 2.05) is 66.6 Å². The van der Waals surface area contributed by atoms with Crippen LogP contribution in [0.25, 0.3) is 21.7 Å². The number of likely N-dealkylation sites (tertiary alicyclic amines) is 1. The third-order valence-electron chi connectivity index (χ3n) is 6.00. The number of aromatic amines is 1. The number of amides is 1. The molecular formula is C26H26N4OS. The van der Waals surface area contributed by atoms with E-state index in [1.165, 1.54) is 0 Å². The van der Waals surface area contributed by atoms with Crippen molar-refractivity contribution in [3.8, 4) is 21.7 Å². The van der Waals surface area contributed by atoms with Gasteiger partial charge in [0, 0.05) is 19.0 Å². The number of aryl methyl sites for hydroxylation is 1. The second kappa shape index (κ2) is 9.09. The number of imidazole rings is 1. The number of thiazole rings is 1. The van der Waals surface area contributed by atoms with Gasteiger partial charge in [0.25, 0.3) is 5.91 Å². The molecule has 1 saturated heterocycles. The van der Waals surface area contributed by atoms with E-state index in [2.05, 4.69) is 27.1 Å². The predicted molar refractivity (Wildman–Crippen MR) is 129 cm³/mol. The van der Waals surface area contributed by atoms with Crippen molar-refractivity contribution in [3.05, 3.63) is 83.4 Å². The normalized spacial score (nSPS) is 16.3. The molecule has 1 aliphatic heterocycles. The van der Waals surface area contributed by atoms with Gasteiger partial charge in [-0.3, -0.25) is 4.79 Å². The Balaban J connectivity index is 1.39. The van der Waals surface area contributed by atoms with Gasteiger partial charge in [-0.1, -0.05) is 60.7 Å². The Kier molecular flexibility index (Phi) is 5.86. The van der Waals surface area contributed by atoms with E-state index in [0.29, 0.717) is 5.69 Å². The summed E-state index contributed by atoms with van der Waals surface area (Å²) in [5, 5.41) is 0.916. The average Bonchev–Trinajstić information content (AvgIpc) is 3.47. The minimum absolute atomic E-state index is 0.0349. The summed E-state index contributed by atoms with van der Waals surface area (Å²) in [6.45, 7) is 2.73. The Hall–Kier alpha value is -3.25. The highest BCUT2D eigenvalue weighted by Gasteiger charge is 2.31. The van der Waals surface area contributed by atoms with E-state index < -0.39 is 0 Å². The maximum absolute atomic E-state index is 13.7. The first-order valence-electron chi connectivity index (χ1n) is 11.1. The highest BCUT2D eigenvalue weighted by Crippen LogP contribution is 2.32. The number of aromatic nitrogens is 3. The van der Waals surface area contributed by atoms with Gasteiger partial charge in [0.05, 0.1) is 21.8 Å². The summed E-state index contributed by atoms with van der Waals surface area (Å²) in [5.41, 5.74) is 3.76. The molecule has 0 spiro atoms. The molecule has 1 atom stereocenters. The van der Waals surface area contributed by atoms with Gasteiger partial charge in [-0.2, -0.15) is 0 Å². The first-order chi connectivity index (χ1) is 15.7. The van der Waals surface area contributed by atoms with Gasteiger partial charge in [0.1, 0.15) is 11.5 Å². The van der Waals surface area contributed by atoms with Crippen molar-refractivity contribution >= 4 is 17.2 Å². The molecule has 1 N–H and O–H groups in total. The zero-order valence-corrected chi connectivity index (χ0v) is 18.9. The molecule has 1 aliphatic rings. The van der Waals surface area contributed by atoms with Crippen LogP contribution in [0.3, 0.4) is 0 Å². The Morgan fingerprint density at radius 2 is 1.78 bits per heavy atom. The number of piperidine rings is 1. The molecule has 0 aliphatic carbocycles. The van der Waals surface area contributed by atoms with Gasteiger partial charge in [0.15, 0.2) is 0 Å². The first kappa shape index (κ1) is 20.6. The summed E-state index contributed by atoms with van der Waals surface area (Å²) in [4.78, 5) is 29.4. The van der Waals surface area contributed by atoms with E-state index in [0.717, 1.165) is 64.8 Å². The van der Waals surface area contributed by atoms with Crippen LogP contribution < -0.4 is 0 Å². The summed E-state index contributed by atoms with van der Waals surface area (Å²) in [6, 6.07) is 20.4. The summed E-state index contributed by atoms with van der Waals surface area (Å²) >= 11 is 1.59. The van der Waals surface area contributed by atoms with Crippen molar-refractivity contribution in [1.29, 1.82) is 0 Å². The number of hydrogen-bond acceptors (Lipinski definition) is 4. The summed E-state index contributed by atoms with van der Waals surface area (Å²) in [6.07, 6.45) is 5.75. The van der Waals surface area contributed by atoms with E-state index in [4.69, 9.17) is 0 Å². The van der Waals surface area contributed by atoms with Crippen molar-refractivity contribution in [2.75, 3.05) is 6.54 Å². The summed E-state index contributed by atoms with van der Waals surface area (Å²) in [5.74, 6) is 0.957. The monoisotopic (exact) mass is 442 g/mol. The van der Waals surface area contributed by atoms with Crippen molar-refractivity contribution in [2.45, 2.75) is 38.6 Å². The molecule has 162 valence electrons. The molecule has 32 heavy (non-hydrogen) atoms. The first-order valence-corrected chi connectivity index (χ1v) is 11.9. The van der Waals surface area contributed by atoms with Gasteiger partial charge < -0.3 is 9.88 Å². The van der Waals surface area contributed by atoms with Crippen LogP contribution in [0.5, 0.6) is 0 Å². The number of carbonyl (C=O) groups excluding carboxylic acids is 1.